The van der Waals surface area contributed by atoms with Crippen LogP contribution in [-0.4, -0.2) is 36.1 Å². The van der Waals surface area contributed by atoms with Crippen molar-refractivity contribution in [2.75, 3.05) is 13.7 Å². The summed E-state index contributed by atoms with van der Waals surface area (Å²) in [5.74, 6) is -0.0780. The van der Waals surface area contributed by atoms with E-state index in [1.165, 1.54) is 10.3 Å². The van der Waals surface area contributed by atoms with Gasteiger partial charge in [-0.1, -0.05) is 30.3 Å². The summed E-state index contributed by atoms with van der Waals surface area (Å²) < 4.78 is 31.9. The van der Waals surface area contributed by atoms with Gasteiger partial charge in [-0.05, 0) is 17.5 Å². The van der Waals surface area contributed by atoms with Crippen molar-refractivity contribution in [1.82, 2.24) is 13.9 Å². The lowest BCUT2D eigenvalue weighted by Crippen LogP contribution is -2.14. The van der Waals surface area contributed by atoms with Gasteiger partial charge in [0.25, 0.3) is 0 Å². The van der Waals surface area contributed by atoms with Crippen LogP contribution in [-0.2, 0) is 26.9 Å². The van der Waals surface area contributed by atoms with Gasteiger partial charge in [-0.2, -0.15) is 0 Å². The van der Waals surface area contributed by atoms with Crippen LogP contribution in [0.4, 0.5) is 0 Å². The first-order valence-electron chi connectivity index (χ1n) is 7.18. The van der Waals surface area contributed by atoms with E-state index in [1.54, 1.807) is 31.6 Å². The van der Waals surface area contributed by atoms with Crippen molar-refractivity contribution < 1.29 is 13.2 Å². The summed E-state index contributed by atoms with van der Waals surface area (Å²) in [5, 5.41) is 0.737. The Morgan fingerprint density at radius 2 is 2.00 bits per heavy atom. The number of benzene rings is 1. The first-order valence-corrected chi connectivity index (χ1v) is 8.79. The lowest BCUT2D eigenvalue weighted by atomic mass is 10.2. The summed E-state index contributed by atoms with van der Waals surface area (Å²) in [5.41, 5.74) is 2.00. The maximum absolute atomic E-state index is 12.8. The van der Waals surface area contributed by atoms with E-state index in [9.17, 15) is 8.42 Å². The van der Waals surface area contributed by atoms with E-state index < -0.39 is 10.0 Å². The molecule has 0 aliphatic heterocycles. The molecule has 0 N–H and O–H groups in total. The predicted octanol–water partition coefficient (Wildman–Crippen LogP) is 2.00. The van der Waals surface area contributed by atoms with Crippen LogP contribution >= 0.6 is 0 Å². The normalized spacial score (nSPS) is 11.9. The van der Waals surface area contributed by atoms with Crippen molar-refractivity contribution in [3.05, 3.63) is 60.2 Å². The molecule has 0 aliphatic rings. The molecule has 6 nitrogen and oxygen atoms in total. The first-order chi connectivity index (χ1) is 11.1. The van der Waals surface area contributed by atoms with E-state index in [0.29, 0.717) is 18.7 Å². The van der Waals surface area contributed by atoms with Gasteiger partial charge in [0.2, 0.25) is 10.0 Å². The van der Waals surface area contributed by atoms with Crippen LogP contribution in [0.5, 0.6) is 0 Å². The van der Waals surface area contributed by atoms with Crippen LogP contribution < -0.4 is 0 Å². The van der Waals surface area contributed by atoms with E-state index in [4.69, 9.17) is 4.74 Å². The minimum Gasteiger partial charge on any atom is -0.384 e. The van der Waals surface area contributed by atoms with Gasteiger partial charge in [0.05, 0.1) is 12.4 Å². The van der Waals surface area contributed by atoms with Gasteiger partial charge in [0, 0.05) is 24.9 Å². The van der Waals surface area contributed by atoms with Crippen molar-refractivity contribution in [2.45, 2.75) is 12.2 Å². The molecule has 2 heterocycles. The fourth-order valence-electron chi connectivity index (χ4n) is 2.48. The topological polar surface area (TPSA) is 74.1 Å². The third-order valence-corrected chi connectivity index (χ3v) is 5.16. The number of hydrogen-bond donors (Lipinski definition) is 0. The molecule has 3 aromatic rings. The SMILES string of the molecule is COCCc1cn(S(=O)(=O)Cc2ccccc2)c2ncncc12. The van der Waals surface area contributed by atoms with Gasteiger partial charge in [0.1, 0.15) is 6.33 Å². The van der Waals surface area contributed by atoms with Crippen LogP contribution in [0.15, 0.2) is 49.1 Å². The van der Waals surface area contributed by atoms with Crippen LogP contribution in [0.1, 0.15) is 11.1 Å². The molecule has 0 aliphatic carbocycles. The van der Waals surface area contributed by atoms with Gasteiger partial charge in [-0.15, -0.1) is 0 Å². The highest BCUT2D eigenvalue weighted by molar-refractivity contribution is 7.89. The van der Waals surface area contributed by atoms with E-state index in [1.807, 2.05) is 18.2 Å². The number of ether oxygens (including phenoxy) is 1. The van der Waals surface area contributed by atoms with Gasteiger partial charge < -0.3 is 4.74 Å². The molecule has 0 amide bonds. The van der Waals surface area contributed by atoms with E-state index in [2.05, 4.69) is 9.97 Å². The molecule has 0 radical (unpaired) electrons. The Labute approximate surface area is 134 Å². The molecule has 0 saturated carbocycles. The van der Waals surface area contributed by atoms with Gasteiger partial charge >= 0.3 is 0 Å². The maximum atomic E-state index is 12.8. The third kappa shape index (κ3) is 3.25. The Morgan fingerprint density at radius 1 is 1.22 bits per heavy atom. The Balaban J connectivity index is 2.04. The van der Waals surface area contributed by atoms with Crippen molar-refractivity contribution in [3.8, 4) is 0 Å². The molecule has 120 valence electrons. The second-order valence-electron chi connectivity index (χ2n) is 5.19. The standard InChI is InChI=1S/C16H17N3O3S/c1-22-8-7-14-10-19(16-15(14)9-17-12-18-16)23(20,21)11-13-5-3-2-4-6-13/h2-6,9-10,12H,7-8,11H2,1H3. The van der Waals surface area contributed by atoms with Crippen molar-refractivity contribution in [3.63, 3.8) is 0 Å². The second-order valence-corrected chi connectivity index (χ2v) is 7.04. The Bertz CT molecular complexity index is 905. The highest BCUT2D eigenvalue weighted by Gasteiger charge is 2.20. The minimum atomic E-state index is -3.56. The molecule has 0 bridgehead atoms. The Kier molecular flexibility index (Phi) is 4.40. The molecule has 0 atom stereocenters. The lowest BCUT2D eigenvalue weighted by Gasteiger charge is -2.06. The zero-order chi connectivity index (χ0) is 16.3. The molecule has 3 rings (SSSR count). The molecular formula is C16H17N3O3S. The summed E-state index contributed by atoms with van der Waals surface area (Å²) in [7, 11) is -1.95. The number of rotatable bonds is 6. The van der Waals surface area contributed by atoms with Gasteiger partial charge in [-0.3, -0.25) is 0 Å². The number of methoxy groups -OCH3 is 1. The quantitative estimate of drug-likeness (QED) is 0.691. The van der Waals surface area contributed by atoms with Gasteiger partial charge in [-0.25, -0.2) is 22.4 Å². The number of hydrogen-bond acceptors (Lipinski definition) is 5. The largest absolute Gasteiger partial charge is 0.384 e. The van der Waals surface area contributed by atoms with Crippen molar-refractivity contribution >= 4 is 21.1 Å². The summed E-state index contributed by atoms with van der Waals surface area (Å²) in [6.07, 6.45) is 5.23. The Hall–Kier alpha value is -2.25. The Morgan fingerprint density at radius 3 is 2.74 bits per heavy atom. The fraction of sp³-hybridized carbons (Fsp3) is 0.250. The smallest absolute Gasteiger partial charge is 0.244 e. The van der Waals surface area contributed by atoms with Crippen LogP contribution in [0.2, 0.25) is 0 Å². The monoisotopic (exact) mass is 331 g/mol. The van der Waals surface area contributed by atoms with Gasteiger partial charge in [0.15, 0.2) is 5.65 Å². The molecule has 2 aromatic heterocycles. The van der Waals surface area contributed by atoms with Crippen LogP contribution in [0.25, 0.3) is 11.0 Å². The van der Waals surface area contributed by atoms with Crippen molar-refractivity contribution in [1.29, 1.82) is 0 Å². The first kappa shape index (κ1) is 15.6. The van der Waals surface area contributed by atoms with E-state index in [0.717, 1.165) is 16.5 Å². The molecule has 0 saturated heterocycles. The maximum Gasteiger partial charge on any atom is 0.244 e. The highest BCUT2D eigenvalue weighted by Crippen LogP contribution is 2.22. The van der Waals surface area contributed by atoms with Crippen LogP contribution in [0.3, 0.4) is 0 Å². The molecule has 1 aromatic carbocycles. The molecule has 0 spiro atoms. The summed E-state index contributed by atoms with van der Waals surface area (Å²) >= 11 is 0. The van der Waals surface area contributed by atoms with Crippen molar-refractivity contribution in [2.24, 2.45) is 0 Å². The number of aromatic nitrogens is 3. The fourth-order valence-corrected chi connectivity index (χ4v) is 3.92. The number of nitrogens with zero attached hydrogens (tertiary/aromatic N) is 3. The number of fused-ring (bicyclic) bond motifs is 1. The summed E-state index contributed by atoms with van der Waals surface area (Å²) in [4.78, 5) is 8.15. The molecule has 23 heavy (non-hydrogen) atoms. The average molecular weight is 331 g/mol. The highest BCUT2D eigenvalue weighted by atomic mass is 32.2. The average Bonchev–Trinajstić information content (AvgIpc) is 2.93. The summed E-state index contributed by atoms with van der Waals surface area (Å²) in [6, 6.07) is 9.10. The molecular weight excluding hydrogens is 314 g/mol. The zero-order valence-electron chi connectivity index (χ0n) is 12.7. The predicted molar refractivity (Wildman–Crippen MR) is 87.6 cm³/mol. The minimum absolute atomic E-state index is 0.0780. The van der Waals surface area contributed by atoms with E-state index in [-0.39, 0.29) is 5.75 Å². The molecule has 0 fully saturated rings. The van der Waals surface area contributed by atoms with Crippen LogP contribution in [0, 0.1) is 0 Å². The van der Waals surface area contributed by atoms with E-state index >= 15 is 0 Å². The lowest BCUT2D eigenvalue weighted by molar-refractivity contribution is 0.202. The molecule has 0 unspecified atom stereocenters. The second kappa shape index (κ2) is 6.47. The third-order valence-electron chi connectivity index (χ3n) is 3.59. The summed E-state index contributed by atoms with van der Waals surface area (Å²) in [6.45, 7) is 0.507. The molecule has 7 heteroatoms. The zero-order valence-corrected chi connectivity index (χ0v) is 13.5.